The first-order valence-electron chi connectivity index (χ1n) is 5.96. The van der Waals surface area contributed by atoms with Crippen molar-refractivity contribution in [3.8, 4) is 0 Å². The smallest absolute Gasteiger partial charge is 0.232 e. The van der Waals surface area contributed by atoms with E-state index in [1.54, 1.807) is 0 Å². The Balaban J connectivity index is 2.40. The van der Waals surface area contributed by atoms with Gasteiger partial charge in [0.15, 0.2) is 0 Å². The van der Waals surface area contributed by atoms with Crippen molar-refractivity contribution >= 4 is 23.1 Å². The summed E-state index contributed by atoms with van der Waals surface area (Å²) >= 11 is 0. The fraction of sp³-hybridized carbons (Fsp3) is 0.385. The minimum Gasteiger partial charge on any atom is -0.360 e. The van der Waals surface area contributed by atoms with E-state index >= 15 is 0 Å². The number of amidine groups is 1. The Hall–Kier alpha value is -1.84. The fourth-order valence-corrected chi connectivity index (χ4v) is 1.96. The highest BCUT2D eigenvalue weighted by Crippen LogP contribution is 2.27. The third-order valence-corrected chi connectivity index (χ3v) is 2.87. The first-order chi connectivity index (χ1) is 8.24. The zero-order chi connectivity index (χ0) is 12.3. The van der Waals surface area contributed by atoms with Crippen molar-refractivity contribution < 1.29 is 4.79 Å². The SMILES string of the molecule is CCN(CC)C1=Nc2ccccc2NC(=O)C1. The molecule has 0 spiro atoms. The highest BCUT2D eigenvalue weighted by molar-refractivity contribution is 6.09. The lowest BCUT2D eigenvalue weighted by Crippen LogP contribution is -2.32. The lowest BCUT2D eigenvalue weighted by Gasteiger charge is -2.21. The highest BCUT2D eigenvalue weighted by Gasteiger charge is 2.18. The van der Waals surface area contributed by atoms with Crippen LogP contribution in [0, 0.1) is 0 Å². The predicted octanol–water partition coefficient (Wildman–Crippen LogP) is 2.40. The van der Waals surface area contributed by atoms with Crippen LogP contribution in [0.15, 0.2) is 29.3 Å². The zero-order valence-electron chi connectivity index (χ0n) is 10.2. The second kappa shape index (κ2) is 4.99. The minimum absolute atomic E-state index is 0.000556. The van der Waals surface area contributed by atoms with Crippen LogP contribution < -0.4 is 5.32 Å². The number of para-hydroxylation sites is 2. The molecule has 1 N–H and O–H groups in total. The maximum Gasteiger partial charge on any atom is 0.232 e. The number of nitrogens with zero attached hydrogens (tertiary/aromatic N) is 2. The molecular formula is C13H17N3O. The molecule has 2 rings (SSSR count). The van der Waals surface area contributed by atoms with Gasteiger partial charge in [-0.25, -0.2) is 4.99 Å². The number of fused-ring (bicyclic) bond motifs is 1. The molecule has 0 bridgehead atoms. The highest BCUT2D eigenvalue weighted by atomic mass is 16.1. The Morgan fingerprint density at radius 3 is 2.71 bits per heavy atom. The Bertz CT molecular complexity index is 450. The van der Waals surface area contributed by atoms with Gasteiger partial charge in [0, 0.05) is 13.1 Å². The molecule has 1 heterocycles. The van der Waals surface area contributed by atoms with E-state index in [0.29, 0.717) is 6.42 Å². The van der Waals surface area contributed by atoms with Crippen LogP contribution in [0.2, 0.25) is 0 Å². The van der Waals surface area contributed by atoms with Crippen LogP contribution in [0.5, 0.6) is 0 Å². The summed E-state index contributed by atoms with van der Waals surface area (Å²) in [5.74, 6) is 0.845. The average molecular weight is 231 g/mol. The molecule has 0 saturated carbocycles. The third kappa shape index (κ3) is 2.46. The van der Waals surface area contributed by atoms with Gasteiger partial charge < -0.3 is 10.2 Å². The number of anilines is 1. The van der Waals surface area contributed by atoms with E-state index in [1.807, 2.05) is 24.3 Å². The van der Waals surface area contributed by atoms with Crippen LogP contribution in [0.25, 0.3) is 0 Å². The molecule has 90 valence electrons. The number of carbonyl (C=O) groups is 1. The molecule has 17 heavy (non-hydrogen) atoms. The van der Waals surface area contributed by atoms with E-state index in [1.165, 1.54) is 0 Å². The summed E-state index contributed by atoms with van der Waals surface area (Å²) < 4.78 is 0. The molecule has 0 aromatic heterocycles. The number of hydrogen-bond donors (Lipinski definition) is 1. The standard InChI is InChI=1S/C13H17N3O/c1-3-16(4-2)12-9-13(17)15-11-8-6-5-7-10(11)14-12/h5-8H,3-4,9H2,1-2H3,(H,15,17). The van der Waals surface area contributed by atoms with Gasteiger partial charge in [0.25, 0.3) is 0 Å². The molecule has 1 aromatic rings. The van der Waals surface area contributed by atoms with Gasteiger partial charge in [-0.15, -0.1) is 0 Å². The van der Waals surface area contributed by atoms with Crippen LogP contribution in [-0.4, -0.2) is 29.7 Å². The maximum absolute atomic E-state index is 11.8. The van der Waals surface area contributed by atoms with Gasteiger partial charge in [-0.05, 0) is 26.0 Å². The Labute approximate surface area is 101 Å². The summed E-state index contributed by atoms with van der Waals surface area (Å²) in [6, 6.07) is 7.63. The predicted molar refractivity (Wildman–Crippen MR) is 69.7 cm³/mol. The molecule has 0 atom stereocenters. The third-order valence-electron chi connectivity index (χ3n) is 2.87. The number of amides is 1. The second-order valence-corrected chi connectivity index (χ2v) is 3.94. The Kier molecular flexibility index (Phi) is 3.42. The maximum atomic E-state index is 11.8. The van der Waals surface area contributed by atoms with E-state index in [0.717, 1.165) is 30.3 Å². The Morgan fingerprint density at radius 2 is 2.00 bits per heavy atom. The van der Waals surface area contributed by atoms with Gasteiger partial charge in [-0.3, -0.25) is 4.79 Å². The molecule has 1 amide bonds. The van der Waals surface area contributed by atoms with E-state index in [4.69, 9.17) is 0 Å². The van der Waals surface area contributed by atoms with Gasteiger partial charge in [0.1, 0.15) is 5.84 Å². The van der Waals surface area contributed by atoms with Crippen molar-refractivity contribution in [2.24, 2.45) is 4.99 Å². The molecule has 1 aromatic carbocycles. The molecule has 0 radical (unpaired) electrons. The minimum atomic E-state index is 0.000556. The average Bonchev–Trinajstić information content (AvgIpc) is 2.48. The fourth-order valence-electron chi connectivity index (χ4n) is 1.96. The van der Waals surface area contributed by atoms with Crippen LogP contribution >= 0.6 is 0 Å². The second-order valence-electron chi connectivity index (χ2n) is 3.94. The Morgan fingerprint density at radius 1 is 1.29 bits per heavy atom. The normalized spacial score (nSPS) is 14.5. The lowest BCUT2D eigenvalue weighted by atomic mass is 10.3. The monoisotopic (exact) mass is 231 g/mol. The summed E-state index contributed by atoms with van der Waals surface area (Å²) in [6.45, 7) is 5.87. The summed E-state index contributed by atoms with van der Waals surface area (Å²) in [5, 5.41) is 2.88. The number of benzene rings is 1. The first-order valence-corrected chi connectivity index (χ1v) is 5.96. The van der Waals surface area contributed by atoms with Gasteiger partial charge >= 0.3 is 0 Å². The lowest BCUT2D eigenvalue weighted by molar-refractivity contribution is -0.115. The number of nitrogens with one attached hydrogen (secondary N) is 1. The topological polar surface area (TPSA) is 44.7 Å². The van der Waals surface area contributed by atoms with E-state index in [9.17, 15) is 4.79 Å². The summed E-state index contributed by atoms with van der Waals surface area (Å²) in [5.41, 5.74) is 1.62. The number of aliphatic imine (C=N–C) groups is 1. The molecule has 1 aliphatic heterocycles. The molecule has 4 nitrogen and oxygen atoms in total. The zero-order valence-corrected chi connectivity index (χ0v) is 10.2. The van der Waals surface area contributed by atoms with Gasteiger partial charge in [-0.2, -0.15) is 0 Å². The van der Waals surface area contributed by atoms with E-state index in [-0.39, 0.29) is 5.91 Å². The van der Waals surface area contributed by atoms with Crippen LogP contribution in [0.4, 0.5) is 11.4 Å². The van der Waals surface area contributed by atoms with Crippen molar-refractivity contribution in [2.75, 3.05) is 18.4 Å². The summed E-state index contributed by atoms with van der Waals surface area (Å²) in [7, 11) is 0. The number of rotatable bonds is 2. The van der Waals surface area contributed by atoms with Crippen molar-refractivity contribution in [3.05, 3.63) is 24.3 Å². The van der Waals surface area contributed by atoms with Gasteiger partial charge in [0.05, 0.1) is 17.8 Å². The molecule has 0 aliphatic carbocycles. The van der Waals surface area contributed by atoms with Crippen LogP contribution in [0.1, 0.15) is 20.3 Å². The summed E-state index contributed by atoms with van der Waals surface area (Å²) in [4.78, 5) is 18.5. The van der Waals surface area contributed by atoms with E-state index in [2.05, 4.69) is 29.1 Å². The first kappa shape index (κ1) is 11.6. The molecule has 1 aliphatic rings. The van der Waals surface area contributed by atoms with Crippen LogP contribution in [-0.2, 0) is 4.79 Å². The van der Waals surface area contributed by atoms with Crippen LogP contribution in [0.3, 0.4) is 0 Å². The molecule has 0 saturated heterocycles. The van der Waals surface area contributed by atoms with Crippen molar-refractivity contribution in [2.45, 2.75) is 20.3 Å². The molecule has 0 unspecified atom stereocenters. The quantitative estimate of drug-likeness (QED) is 0.849. The van der Waals surface area contributed by atoms with Gasteiger partial charge in [-0.1, -0.05) is 12.1 Å². The molecule has 0 fully saturated rings. The van der Waals surface area contributed by atoms with Crippen molar-refractivity contribution in [1.82, 2.24) is 4.90 Å². The number of carbonyl (C=O) groups excluding carboxylic acids is 1. The van der Waals surface area contributed by atoms with Crippen molar-refractivity contribution in [3.63, 3.8) is 0 Å². The largest absolute Gasteiger partial charge is 0.360 e. The van der Waals surface area contributed by atoms with Gasteiger partial charge in [0.2, 0.25) is 5.91 Å². The molecule has 4 heteroatoms. The van der Waals surface area contributed by atoms with E-state index < -0.39 is 0 Å². The van der Waals surface area contributed by atoms with Crippen molar-refractivity contribution in [1.29, 1.82) is 0 Å². The summed E-state index contributed by atoms with van der Waals surface area (Å²) in [6.07, 6.45) is 0.344. The number of hydrogen-bond acceptors (Lipinski definition) is 3. The molecular weight excluding hydrogens is 214 g/mol.